The van der Waals surface area contributed by atoms with Crippen molar-refractivity contribution in [2.24, 2.45) is 0 Å². The number of hydrogen-bond acceptors (Lipinski definition) is 3. The van der Waals surface area contributed by atoms with Gasteiger partial charge in [0.15, 0.2) is 0 Å². The lowest BCUT2D eigenvalue weighted by atomic mass is 10.1. The van der Waals surface area contributed by atoms with Crippen LogP contribution in [0.2, 0.25) is 0 Å². The highest BCUT2D eigenvalue weighted by molar-refractivity contribution is 5.88. The number of halogens is 1. The number of carbonyl (C=O) groups is 2. The van der Waals surface area contributed by atoms with Crippen LogP contribution in [-0.4, -0.2) is 60.4 Å². The maximum atomic E-state index is 12.4. The van der Waals surface area contributed by atoms with Crippen LogP contribution in [0.1, 0.15) is 26.2 Å². The predicted molar refractivity (Wildman–Crippen MR) is 71.7 cm³/mol. The number of nitrogens with one attached hydrogen (secondary N) is 1. The van der Waals surface area contributed by atoms with Crippen molar-refractivity contribution in [1.82, 2.24) is 15.1 Å². The van der Waals surface area contributed by atoms with Gasteiger partial charge in [-0.3, -0.25) is 9.59 Å². The molecule has 0 bridgehead atoms. The minimum absolute atomic E-state index is 0. The Hall–Kier alpha value is -0.810. The summed E-state index contributed by atoms with van der Waals surface area (Å²) in [7, 11) is 0. The van der Waals surface area contributed by atoms with Crippen molar-refractivity contribution >= 4 is 24.2 Å². The molecule has 2 aliphatic heterocycles. The smallest absolute Gasteiger partial charge is 0.245 e. The van der Waals surface area contributed by atoms with Crippen molar-refractivity contribution in [2.45, 2.75) is 32.2 Å². The highest BCUT2D eigenvalue weighted by atomic mass is 35.5. The number of piperazine rings is 1. The Morgan fingerprint density at radius 1 is 1.33 bits per heavy atom. The Morgan fingerprint density at radius 2 is 2.00 bits per heavy atom. The second kappa shape index (κ2) is 6.95. The zero-order valence-corrected chi connectivity index (χ0v) is 11.7. The molecule has 0 aromatic carbocycles. The molecule has 0 saturated carbocycles. The lowest BCUT2D eigenvalue weighted by molar-refractivity contribution is -0.144. The van der Waals surface area contributed by atoms with Crippen LogP contribution in [0, 0.1) is 0 Å². The van der Waals surface area contributed by atoms with Crippen LogP contribution < -0.4 is 5.32 Å². The molecule has 2 aliphatic rings. The third-order valence-electron chi connectivity index (χ3n) is 3.59. The van der Waals surface area contributed by atoms with E-state index in [4.69, 9.17) is 0 Å². The van der Waals surface area contributed by atoms with E-state index in [0.717, 1.165) is 39.1 Å². The van der Waals surface area contributed by atoms with E-state index < -0.39 is 0 Å². The molecule has 2 amide bonds. The number of carbonyl (C=O) groups excluding carboxylic acids is 2. The lowest BCUT2D eigenvalue weighted by Crippen LogP contribution is -2.54. The average molecular weight is 276 g/mol. The topological polar surface area (TPSA) is 52.7 Å². The van der Waals surface area contributed by atoms with Gasteiger partial charge in [-0.25, -0.2) is 0 Å². The zero-order valence-electron chi connectivity index (χ0n) is 10.9. The van der Waals surface area contributed by atoms with Gasteiger partial charge < -0.3 is 15.1 Å². The minimum Gasteiger partial charge on any atom is -0.338 e. The largest absolute Gasteiger partial charge is 0.338 e. The van der Waals surface area contributed by atoms with E-state index in [1.54, 1.807) is 4.90 Å². The third-order valence-corrected chi connectivity index (χ3v) is 3.59. The second-order valence-corrected chi connectivity index (χ2v) is 4.69. The van der Waals surface area contributed by atoms with Crippen LogP contribution in [0.3, 0.4) is 0 Å². The summed E-state index contributed by atoms with van der Waals surface area (Å²) < 4.78 is 0. The first kappa shape index (κ1) is 15.2. The van der Waals surface area contributed by atoms with Crippen molar-refractivity contribution in [3.8, 4) is 0 Å². The number of nitrogens with zero attached hydrogens (tertiary/aromatic N) is 2. The van der Waals surface area contributed by atoms with Crippen molar-refractivity contribution in [3.05, 3.63) is 0 Å². The first-order valence-corrected chi connectivity index (χ1v) is 6.53. The molecule has 2 rings (SSSR count). The van der Waals surface area contributed by atoms with Gasteiger partial charge >= 0.3 is 0 Å². The van der Waals surface area contributed by atoms with Crippen LogP contribution in [0.25, 0.3) is 0 Å². The number of hydrogen-bond donors (Lipinski definition) is 1. The van der Waals surface area contributed by atoms with Gasteiger partial charge in [-0.2, -0.15) is 0 Å². The quantitative estimate of drug-likeness (QED) is 0.803. The molecule has 0 spiro atoms. The molecule has 0 aromatic rings. The fourth-order valence-electron chi connectivity index (χ4n) is 2.62. The van der Waals surface area contributed by atoms with Crippen molar-refractivity contribution in [1.29, 1.82) is 0 Å². The van der Waals surface area contributed by atoms with E-state index in [0.29, 0.717) is 12.8 Å². The normalized spacial score (nSPS) is 21.7. The molecule has 5 nitrogen and oxygen atoms in total. The van der Waals surface area contributed by atoms with Gasteiger partial charge in [-0.15, -0.1) is 12.4 Å². The Morgan fingerprint density at radius 3 is 2.50 bits per heavy atom. The molecule has 2 saturated heterocycles. The summed E-state index contributed by atoms with van der Waals surface area (Å²) in [5.74, 6) is 0.268. The Kier molecular flexibility index (Phi) is 5.88. The van der Waals surface area contributed by atoms with Crippen molar-refractivity contribution in [3.63, 3.8) is 0 Å². The maximum Gasteiger partial charge on any atom is 0.245 e. The highest BCUT2D eigenvalue weighted by Crippen LogP contribution is 2.17. The number of rotatable bonds is 3. The van der Waals surface area contributed by atoms with Crippen LogP contribution >= 0.6 is 12.4 Å². The molecular weight excluding hydrogens is 254 g/mol. The average Bonchev–Trinajstić information content (AvgIpc) is 2.78. The molecule has 1 atom stereocenters. The van der Waals surface area contributed by atoms with E-state index in [-0.39, 0.29) is 30.3 Å². The summed E-state index contributed by atoms with van der Waals surface area (Å²) >= 11 is 0. The summed E-state index contributed by atoms with van der Waals surface area (Å²) in [5, 5.41) is 3.23. The number of amides is 2. The maximum absolute atomic E-state index is 12.4. The first-order chi connectivity index (χ1) is 8.24. The summed E-state index contributed by atoms with van der Waals surface area (Å²) in [5.41, 5.74) is 0. The SMILES string of the molecule is CCC(C(=O)N1CCNCC1)N1CCCC1=O.Cl. The highest BCUT2D eigenvalue weighted by Gasteiger charge is 2.34. The Labute approximate surface area is 114 Å². The summed E-state index contributed by atoms with van der Waals surface area (Å²) in [6, 6.07) is -0.233. The lowest BCUT2D eigenvalue weighted by Gasteiger charge is -2.34. The van der Waals surface area contributed by atoms with Crippen molar-refractivity contribution < 1.29 is 9.59 Å². The Balaban J connectivity index is 0.00000162. The molecule has 2 fully saturated rings. The molecule has 0 aliphatic carbocycles. The third kappa shape index (κ3) is 3.14. The van der Waals surface area contributed by atoms with E-state index in [9.17, 15) is 9.59 Å². The zero-order chi connectivity index (χ0) is 12.3. The predicted octanol–water partition coefficient (Wildman–Crippen LogP) is 0.241. The van der Waals surface area contributed by atoms with Crippen LogP contribution in [0.5, 0.6) is 0 Å². The van der Waals surface area contributed by atoms with Crippen LogP contribution in [0.15, 0.2) is 0 Å². The van der Waals surface area contributed by atoms with Gasteiger partial charge in [-0.1, -0.05) is 6.92 Å². The molecule has 0 aromatic heterocycles. The summed E-state index contributed by atoms with van der Waals surface area (Å²) in [6.07, 6.45) is 2.21. The summed E-state index contributed by atoms with van der Waals surface area (Å²) in [4.78, 5) is 27.7. The first-order valence-electron chi connectivity index (χ1n) is 6.53. The molecule has 1 unspecified atom stereocenters. The van der Waals surface area contributed by atoms with Crippen LogP contribution in [0.4, 0.5) is 0 Å². The molecule has 1 N–H and O–H groups in total. The van der Waals surface area contributed by atoms with Gasteiger partial charge in [0.05, 0.1) is 0 Å². The van der Waals surface area contributed by atoms with Crippen molar-refractivity contribution in [2.75, 3.05) is 32.7 Å². The number of likely N-dealkylation sites (tertiary alicyclic amines) is 1. The second-order valence-electron chi connectivity index (χ2n) is 4.69. The molecule has 0 radical (unpaired) electrons. The minimum atomic E-state index is -0.233. The van der Waals surface area contributed by atoms with Gasteiger partial charge in [0.2, 0.25) is 11.8 Å². The van der Waals surface area contributed by atoms with Gasteiger partial charge in [0.25, 0.3) is 0 Å². The van der Waals surface area contributed by atoms with Crippen LogP contribution in [-0.2, 0) is 9.59 Å². The fourth-order valence-corrected chi connectivity index (χ4v) is 2.62. The molecule has 18 heavy (non-hydrogen) atoms. The van der Waals surface area contributed by atoms with Gasteiger partial charge in [-0.05, 0) is 12.8 Å². The van der Waals surface area contributed by atoms with Gasteiger partial charge in [0.1, 0.15) is 6.04 Å². The molecule has 6 heteroatoms. The summed E-state index contributed by atoms with van der Waals surface area (Å²) in [6.45, 7) is 5.96. The van der Waals surface area contributed by atoms with E-state index in [1.165, 1.54) is 0 Å². The molecule has 104 valence electrons. The molecule has 2 heterocycles. The monoisotopic (exact) mass is 275 g/mol. The van der Waals surface area contributed by atoms with E-state index in [1.807, 2.05) is 11.8 Å². The van der Waals surface area contributed by atoms with E-state index >= 15 is 0 Å². The standard InChI is InChI=1S/C12H21N3O2.ClH/c1-2-10(15-7-3-4-11(15)16)12(17)14-8-5-13-6-9-14;/h10,13H,2-9H2,1H3;1H. The van der Waals surface area contributed by atoms with Gasteiger partial charge in [0, 0.05) is 39.1 Å². The molecular formula is C12H22ClN3O2. The van der Waals surface area contributed by atoms with E-state index in [2.05, 4.69) is 5.32 Å². The fraction of sp³-hybridized carbons (Fsp3) is 0.833. The Bertz CT molecular complexity index is 306.